The molecule has 19 heavy (non-hydrogen) atoms. The van der Waals surface area contributed by atoms with Gasteiger partial charge in [-0.15, -0.1) is 0 Å². The van der Waals surface area contributed by atoms with Crippen molar-refractivity contribution in [2.75, 3.05) is 0 Å². The molecule has 0 aromatic carbocycles. The van der Waals surface area contributed by atoms with Crippen LogP contribution in [-0.4, -0.2) is 25.4 Å². The Labute approximate surface area is 116 Å². The molecular formula is C13H8BrN3O2. The molecule has 0 radical (unpaired) electrons. The second-order valence-corrected chi connectivity index (χ2v) is 4.65. The molecule has 6 heteroatoms. The smallest absolute Gasteiger partial charge is 0.352 e. The van der Waals surface area contributed by atoms with Crippen LogP contribution in [-0.2, 0) is 0 Å². The standard InChI is InChI=1S/C13H8BrN3O2/c14-11-9-2-1-3-10(13(18)19)17(9)12(16-11)8-4-6-15-7-5-8/h1-7H,(H,18,19). The monoisotopic (exact) mass is 317 g/mol. The zero-order valence-electron chi connectivity index (χ0n) is 9.62. The van der Waals surface area contributed by atoms with Gasteiger partial charge in [-0.05, 0) is 40.2 Å². The van der Waals surface area contributed by atoms with E-state index in [1.807, 2.05) is 6.07 Å². The molecule has 0 amide bonds. The number of carboxylic acid groups (broad SMARTS) is 1. The van der Waals surface area contributed by atoms with Crippen molar-refractivity contribution < 1.29 is 9.90 Å². The molecule has 0 saturated heterocycles. The van der Waals surface area contributed by atoms with Crippen LogP contribution >= 0.6 is 15.9 Å². The maximum Gasteiger partial charge on any atom is 0.352 e. The molecule has 0 aliphatic rings. The van der Waals surface area contributed by atoms with Gasteiger partial charge in [0.2, 0.25) is 0 Å². The van der Waals surface area contributed by atoms with E-state index in [1.54, 1.807) is 41.1 Å². The summed E-state index contributed by atoms with van der Waals surface area (Å²) in [7, 11) is 0. The molecular weight excluding hydrogens is 310 g/mol. The first-order valence-electron chi connectivity index (χ1n) is 5.49. The van der Waals surface area contributed by atoms with Crippen LogP contribution in [0.4, 0.5) is 0 Å². The lowest BCUT2D eigenvalue weighted by molar-refractivity contribution is 0.0689. The van der Waals surface area contributed by atoms with E-state index >= 15 is 0 Å². The highest BCUT2D eigenvalue weighted by Gasteiger charge is 2.16. The number of imidazole rings is 1. The highest BCUT2D eigenvalue weighted by Crippen LogP contribution is 2.27. The van der Waals surface area contributed by atoms with Crippen molar-refractivity contribution >= 4 is 27.4 Å². The SMILES string of the molecule is O=C(O)c1cccc2c(Br)nc(-c3ccncc3)n12. The van der Waals surface area contributed by atoms with E-state index < -0.39 is 5.97 Å². The number of hydrogen-bond donors (Lipinski definition) is 1. The van der Waals surface area contributed by atoms with Crippen LogP contribution in [0, 0.1) is 0 Å². The molecule has 3 heterocycles. The molecule has 0 spiro atoms. The quantitative estimate of drug-likeness (QED) is 0.789. The third kappa shape index (κ3) is 1.90. The number of halogens is 1. The van der Waals surface area contributed by atoms with E-state index in [-0.39, 0.29) is 5.69 Å². The van der Waals surface area contributed by atoms with Crippen molar-refractivity contribution in [2.24, 2.45) is 0 Å². The van der Waals surface area contributed by atoms with Crippen LogP contribution in [0.15, 0.2) is 47.3 Å². The molecule has 5 nitrogen and oxygen atoms in total. The van der Waals surface area contributed by atoms with Crippen LogP contribution in [0.5, 0.6) is 0 Å². The Morgan fingerprint density at radius 1 is 1.21 bits per heavy atom. The highest BCUT2D eigenvalue weighted by molar-refractivity contribution is 9.10. The molecule has 0 saturated carbocycles. The minimum atomic E-state index is -0.995. The van der Waals surface area contributed by atoms with Gasteiger partial charge in [0, 0.05) is 18.0 Å². The maximum atomic E-state index is 11.3. The second-order valence-electron chi connectivity index (χ2n) is 3.90. The normalized spacial score (nSPS) is 10.8. The zero-order chi connectivity index (χ0) is 13.4. The molecule has 3 rings (SSSR count). The van der Waals surface area contributed by atoms with Crippen molar-refractivity contribution in [1.29, 1.82) is 0 Å². The number of aromatic nitrogens is 3. The van der Waals surface area contributed by atoms with Crippen molar-refractivity contribution in [1.82, 2.24) is 14.4 Å². The highest BCUT2D eigenvalue weighted by atomic mass is 79.9. The van der Waals surface area contributed by atoms with Gasteiger partial charge in [0.25, 0.3) is 0 Å². The van der Waals surface area contributed by atoms with E-state index in [2.05, 4.69) is 25.9 Å². The Kier molecular flexibility index (Phi) is 2.79. The lowest BCUT2D eigenvalue weighted by Gasteiger charge is -2.04. The van der Waals surface area contributed by atoms with Gasteiger partial charge in [-0.1, -0.05) is 6.07 Å². The predicted octanol–water partition coefficient (Wildman–Crippen LogP) is 2.86. The van der Waals surface area contributed by atoms with Gasteiger partial charge in [0.1, 0.15) is 16.1 Å². The van der Waals surface area contributed by atoms with Crippen LogP contribution in [0.1, 0.15) is 10.5 Å². The van der Waals surface area contributed by atoms with Crippen LogP contribution in [0.25, 0.3) is 16.9 Å². The molecule has 94 valence electrons. The number of pyridine rings is 2. The predicted molar refractivity (Wildman–Crippen MR) is 73.1 cm³/mol. The summed E-state index contributed by atoms with van der Waals surface area (Å²) in [5.41, 5.74) is 1.69. The average Bonchev–Trinajstić information content (AvgIpc) is 2.77. The first kappa shape index (κ1) is 11.9. The van der Waals surface area contributed by atoms with Crippen molar-refractivity contribution in [3.05, 3.63) is 53.0 Å². The lowest BCUT2D eigenvalue weighted by Crippen LogP contribution is -2.05. The Bertz CT molecular complexity index is 768. The topological polar surface area (TPSA) is 67.5 Å². The molecule has 3 aromatic rings. The number of fused-ring (bicyclic) bond motifs is 1. The number of carboxylic acids is 1. The third-order valence-corrected chi connectivity index (χ3v) is 3.36. The van der Waals surface area contributed by atoms with Gasteiger partial charge in [0.15, 0.2) is 0 Å². The van der Waals surface area contributed by atoms with Gasteiger partial charge in [-0.2, -0.15) is 0 Å². The van der Waals surface area contributed by atoms with Gasteiger partial charge in [-0.3, -0.25) is 9.38 Å². The number of nitrogens with zero attached hydrogens (tertiary/aromatic N) is 3. The summed E-state index contributed by atoms with van der Waals surface area (Å²) in [6, 6.07) is 8.64. The van der Waals surface area contributed by atoms with E-state index in [0.717, 1.165) is 5.56 Å². The largest absolute Gasteiger partial charge is 0.477 e. The van der Waals surface area contributed by atoms with Crippen LogP contribution < -0.4 is 0 Å². The number of hydrogen-bond acceptors (Lipinski definition) is 3. The summed E-state index contributed by atoms with van der Waals surface area (Å²) in [6.07, 6.45) is 3.29. The van der Waals surface area contributed by atoms with Crippen LogP contribution in [0.2, 0.25) is 0 Å². The zero-order valence-corrected chi connectivity index (χ0v) is 11.2. The Balaban J connectivity index is 2.40. The first-order chi connectivity index (χ1) is 9.18. The molecule has 3 aromatic heterocycles. The molecule has 0 fully saturated rings. The fourth-order valence-corrected chi connectivity index (χ4v) is 2.44. The minimum Gasteiger partial charge on any atom is -0.477 e. The first-order valence-corrected chi connectivity index (χ1v) is 6.28. The number of aromatic carboxylic acids is 1. The van der Waals surface area contributed by atoms with Crippen molar-refractivity contribution in [3.8, 4) is 11.4 Å². The number of carbonyl (C=O) groups is 1. The summed E-state index contributed by atoms with van der Waals surface area (Å²) in [5, 5.41) is 9.29. The van der Waals surface area contributed by atoms with Crippen LogP contribution in [0.3, 0.4) is 0 Å². The fourth-order valence-electron chi connectivity index (χ4n) is 1.96. The lowest BCUT2D eigenvalue weighted by atomic mass is 10.2. The van der Waals surface area contributed by atoms with Gasteiger partial charge >= 0.3 is 5.97 Å². The second kappa shape index (κ2) is 4.47. The van der Waals surface area contributed by atoms with E-state index in [4.69, 9.17) is 0 Å². The summed E-state index contributed by atoms with van der Waals surface area (Å²) in [5.74, 6) is -0.423. The number of rotatable bonds is 2. The van der Waals surface area contributed by atoms with Crippen molar-refractivity contribution in [3.63, 3.8) is 0 Å². The Morgan fingerprint density at radius 3 is 2.63 bits per heavy atom. The summed E-state index contributed by atoms with van der Waals surface area (Å²) in [4.78, 5) is 19.7. The molecule has 0 bridgehead atoms. The van der Waals surface area contributed by atoms with E-state index in [9.17, 15) is 9.90 Å². The fraction of sp³-hybridized carbons (Fsp3) is 0. The van der Waals surface area contributed by atoms with Gasteiger partial charge < -0.3 is 5.11 Å². The van der Waals surface area contributed by atoms with Gasteiger partial charge in [0.05, 0.1) is 5.52 Å². The summed E-state index contributed by atoms with van der Waals surface area (Å²) < 4.78 is 2.23. The molecule has 0 aliphatic heterocycles. The van der Waals surface area contributed by atoms with E-state index in [1.165, 1.54) is 0 Å². The minimum absolute atomic E-state index is 0.169. The van der Waals surface area contributed by atoms with E-state index in [0.29, 0.717) is 15.9 Å². The molecule has 1 N–H and O–H groups in total. The Morgan fingerprint density at radius 2 is 1.95 bits per heavy atom. The third-order valence-electron chi connectivity index (χ3n) is 2.77. The van der Waals surface area contributed by atoms with Crippen molar-refractivity contribution in [2.45, 2.75) is 0 Å². The summed E-state index contributed by atoms with van der Waals surface area (Å²) in [6.45, 7) is 0. The summed E-state index contributed by atoms with van der Waals surface area (Å²) >= 11 is 3.36. The molecule has 0 unspecified atom stereocenters. The van der Waals surface area contributed by atoms with Gasteiger partial charge in [-0.25, -0.2) is 9.78 Å². The molecule has 0 aliphatic carbocycles. The maximum absolute atomic E-state index is 11.3. The average molecular weight is 318 g/mol. The molecule has 0 atom stereocenters. The Hall–Kier alpha value is -2.21.